The van der Waals surface area contributed by atoms with Gasteiger partial charge in [-0.1, -0.05) is 15.9 Å². The molecule has 2 N–H and O–H groups in total. The van der Waals surface area contributed by atoms with Crippen molar-refractivity contribution in [2.75, 3.05) is 6.61 Å². The van der Waals surface area contributed by atoms with E-state index in [0.29, 0.717) is 25.1 Å². The van der Waals surface area contributed by atoms with E-state index in [1.807, 2.05) is 12.1 Å². The van der Waals surface area contributed by atoms with Gasteiger partial charge < -0.3 is 15.4 Å². The smallest absolute Gasteiger partial charge is 0.223 e. The summed E-state index contributed by atoms with van der Waals surface area (Å²) >= 11 is 3.50. The second kappa shape index (κ2) is 6.79. The van der Waals surface area contributed by atoms with Crippen LogP contribution in [0, 0.1) is 0 Å². The number of halogens is 1. The maximum Gasteiger partial charge on any atom is 0.223 e. The van der Waals surface area contributed by atoms with E-state index in [-0.39, 0.29) is 5.91 Å². The Morgan fingerprint density at radius 1 is 1.24 bits per heavy atom. The quantitative estimate of drug-likeness (QED) is 0.756. The Morgan fingerprint density at radius 2 is 2.00 bits per heavy atom. The van der Waals surface area contributed by atoms with Crippen molar-refractivity contribution in [1.82, 2.24) is 10.6 Å². The van der Waals surface area contributed by atoms with E-state index in [1.54, 1.807) is 0 Å². The Bertz CT molecular complexity index is 513. The van der Waals surface area contributed by atoms with Gasteiger partial charge in [-0.3, -0.25) is 4.79 Å². The molecular weight excluding hydrogens is 332 g/mol. The van der Waals surface area contributed by atoms with Crippen molar-refractivity contribution in [1.29, 1.82) is 0 Å². The SMILES string of the molecule is O=C(CCOc1ccc(Br)cc1CNC1CC1)NC1CC1. The van der Waals surface area contributed by atoms with Gasteiger partial charge in [0.2, 0.25) is 5.91 Å². The first kappa shape index (κ1) is 14.9. The van der Waals surface area contributed by atoms with E-state index in [0.717, 1.165) is 35.2 Å². The standard InChI is InChI=1S/C16H21BrN2O2/c17-12-1-6-15(11(9-12)10-18-13-2-3-13)21-8-7-16(20)19-14-4-5-14/h1,6,9,13-14,18H,2-5,7-8,10H2,(H,19,20). The molecule has 2 aliphatic carbocycles. The van der Waals surface area contributed by atoms with Crippen molar-refractivity contribution >= 4 is 21.8 Å². The van der Waals surface area contributed by atoms with Gasteiger partial charge >= 0.3 is 0 Å². The molecule has 0 heterocycles. The molecule has 114 valence electrons. The highest BCUT2D eigenvalue weighted by molar-refractivity contribution is 9.10. The zero-order valence-electron chi connectivity index (χ0n) is 12.0. The van der Waals surface area contributed by atoms with Crippen LogP contribution in [0.1, 0.15) is 37.7 Å². The minimum absolute atomic E-state index is 0.0901. The minimum Gasteiger partial charge on any atom is -0.493 e. The first-order valence-electron chi connectivity index (χ1n) is 7.64. The number of hydrogen-bond donors (Lipinski definition) is 2. The molecule has 0 bridgehead atoms. The van der Waals surface area contributed by atoms with Gasteiger partial charge in [-0.05, 0) is 43.9 Å². The van der Waals surface area contributed by atoms with Crippen LogP contribution in [0.25, 0.3) is 0 Å². The number of benzene rings is 1. The van der Waals surface area contributed by atoms with Gasteiger partial charge in [0, 0.05) is 28.7 Å². The molecule has 0 aliphatic heterocycles. The van der Waals surface area contributed by atoms with Crippen LogP contribution >= 0.6 is 15.9 Å². The monoisotopic (exact) mass is 352 g/mol. The lowest BCUT2D eigenvalue weighted by Crippen LogP contribution is -2.26. The highest BCUT2D eigenvalue weighted by Crippen LogP contribution is 2.26. The third-order valence-electron chi connectivity index (χ3n) is 3.71. The summed E-state index contributed by atoms with van der Waals surface area (Å²) in [5.74, 6) is 0.956. The van der Waals surface area contributed by atoms with E-state index in [1.165, 1.54) is 12.8 Å². The highest BCUT2D eigenvalue weighted by atomic mass is 79.9. The summed E-state index contributed by atoms with van der Waals surface area (Å²) in [6.45, 7) is 1.24. The molecule has 4 nitrogen and oxygen atoms in total. The van der Waals surface area contributed by atoms with Crippen molar-refractivity contribution < 1.29 is 9.53 Å². The molecule has 2 aliphatic rings. The summed E-state index contributed by atoms with van der Waals surface area (Å²) in [4.78, 5) is 11.6. The molecule has 2 saturated carbocycles. The summed E-state index contributed by atoms with van der Waals surface area (Å²) < 4.78 is 6.85. The summed E-state index contributed by atoms with van der Waals surface area (Å²) in [6.07, 6.45) is 5.20. The molecule has 0 aromatic heterocycles. The van der Waals surface area contributed by atoms with Gasteiger partial charge in [0.05, 0.1) is 13.0 Å². The predicted octanol–water partition coefficient (Wildman–Crippen LogP) is 2.75. The molecule has 21 heavy (non-hydrogen) atoms. The molecule has 5 heteroatoms. The lowest BCUT2D eigenvalue weighted by Gasteiger charge is -2.12. The molecule has 1 aromatic rings. The van der Waals surface area contributed by atoms with Crippen LogP contribution in [0.15, 0.2) is 22.7 Å². The molecule has 1 aromatic carbocycles. The van der Waals surface area contributed by atoms with Crippen molar-refractivity contribution in [3.8, 4) is 5.75 Å². The fourth-order valence-corrected chi connectivity index (χ4v) is 2.56. The number of rotatable bonds is 8. The molecule has 0 unspecified atom stereocenters. The Morgan fingerprint density at radius 3 is 2.71 bits per heavy atom. The Labute approximate surface area is 133 Å². The normalized spacial score (nSPS) is 17.6. The molecule has 0 spiro atoms. The van der Waals surface area contributed by atoms with Crippen molar-refractivity contribution in [3.63, 3.8) is 0 Å². The number of nitrogens with one attached hydrogen (secondary N) is 2. The number of amides is 1. The van der Waals surface area contributed by atoms with Crippen LogP contribution in [-0.2, 0) is 11.3 Å². The molecule has 0 atom stereocenters. The molecule has 0 saturated heterocycles. The van der Waals surface area contributed by atoms with Crippen LogP contribution in [0.5, 0.6) is 5.75 Å². The van der Waals surface area contributed by atoms with Gasteiger partial charge in [-0.2, -0.15) is 0 Å². The summed E-state index contributed by atoms with van der Waals surface area (Å²) in [7, 11) is 0. The fraction of sp³-hybridized carbons (Fsp3) is 0.562. The van der Waals surface area contributed by atoms with Crippen LogP contribution in [-0.4, -0.2) is 24.6 Å². The van der Waals surface area contributed by atoms with Gasteiger partial charge in [0.25, 0.3) is 0 Å². The Kier molecular flexibility index (Phi) is 4.80. The van der Waals surface area contributed by atoms with Gasteiger partial charge in [0.15, 0.2) is 0 Å². The van der Waals surface area contributed by atoms with Crippen molar-refractivity contribution in [2.45, 2.75) is 50.7 Å². The van der Waals surface area contributed by atoms with Gasteiger partial charge in [-0.15, -0.1) is 0 Å². The Hall–Kier alpha value is -1.07. The van der Waals surface area contributed by atoms with E-state index in [4.69, 9.17) is 4.74 Å². The maximum atomic E-state index is 11.6. The van der Waals surface area contributed by atoms with E-state index >= 15 is 0 Å². The summed E-state index contributed by atoms with van der Waals surface area (Å²) in [6, 6.07) is 7.10. The van der Waals surface area contributed by atoms with E-state index in [2.05, 4.69) is 32.6 Å². The number of hydrogen-bond acceptors (Lipinski definition) is 3. The average Bonchev–Trinajstić information content (AvgIpc) is 3.33. The Balaban J connectivity index is 1.49. The van der Waals surface area contributed by atoms with Crippen LogP contribution in [0.4, 0.5) is 0 Å². The minimum atomic E-state index is 0.0901. The highest BCUT2D eigenvalue weighted by Gasteiger charge is 2.23. The lowest BCUT2D eigenvalue weighted by molar-refractivity contribution is -0.121. The molecule has 3 rings (SSSR count). The molecule has 0 radical (unpaired) electrons. The van der Waals surface area contributed by atoms with Gasteiger partial charge in [0.1, 0.15) is 5.75 Å². The third-order valence-corrected chi connectivity index (χ3v) is 4.20. The largest absolute Gasteiger partial charge is 0.493 e. The van der Waals surface area contributed by atoms with Crippen LogP contribution in [0.3, 0.4) is 0 Å². The number of carbonyl (C=O) groups excluding carboxylic acids is 1. The summed E-state index contributed by atoms with van der Waals surface area (Å²) in [5.41, 5.74) is 1.14. The number of ether oxygens (including phenoxy) is 1. The lowest BCUT2D eigenvalue weighted by atomic mass is 10.2. The van der Waals surface area contributed by atoms with Crippen LogP contribution < -0.4 is 15.4 Å². The first-order valence-corrected chi connectivity index (χ1v) is 8.44. The first-order chi connectivity index (χ1) is 10.2. The van der Waals surface area contributed by atoms with Crippen molar-refractivity contribution in [3.05, 3.63) is 28.2 Å². The van der Waals surface area contributed by atoms with E-state index in [9.17, 15) is 4.79 Å². The van der Waals surface area contributed by atoms with Gasteiger partial charge in [-0.25, -0.2) is 0 Å². The zero-order valence-corrected chi connectivity index (χ0v) is 13.6. The average molecular weight is 353 g/mol. The molecular formula is C16H21BrN2O2. The van der Waals surface area contributed by atoms with Crippen molar-refractivity contribution in [2.24, 2.45) is 0 Å². The molecule has 2 fully saturated rings. The number of carbonyl (C=O) groups is 1. The topological polar surface area (TPSA) is 50.4 Å². The molecule has 1 amide bonds. The fourth-order valence-electron chi connectivity index (χ4n) is 2.15. The predicted molar refractivity (Wildman–Crippen MR) is 85.3 cm³/mol. The second-order valence-corrected chi connectivity index (χ2v) is 6.76. The maximum absolute atomic E-state index is 11.6. The van der Waals surface area contributed by atoms with E-state index < -0.39 is 0 Å². The van der Waals surface area contributed by atoms with Crippen LogP contribution in [0.2, 0.25) is 0 Å². The third kappa shape index (κ3) is 5.00. The zero-order chi connectivity index (χ0) is 14.7. The summed E-state index contributed by atoms with van der Waals surface area (Å²) in [5, 5.41) is 6.47. The second-order valence-electron chi connectivity index (χ2n) is 5.85.